The topological polar surface area (TPSA) is 63.5 Å². The summed E-state index contributed by atoms with van der Waals surface area (Å²) in [6.45, 7) is 6.38. The van der Waals surface area contributed by atoms with E-state index < -0.39 is 0 Å². The van der Waals surface area contributed by atoms with Crippen LogP contribution < -0.4 is 0 Å². The zero-order chi connectivity index (χ0) is 14.9. The van der Waals surface area contributed by atoms with Gasteiger partial charge >= 0.3 is 6.09 Å². The number of hydrogen-bond donors (Lipinski definition) is 0. The molecule has 0 N–H and O–H groups in total. The number of amides is 1. The molecule has 0 radical (unpaired) electrons. The third-order valence-electron chi connectivity index (χ3n) is 4.49. The second-order valence-electron chi connectivity index (χ2n) is 6.03. The van der Waals surface area contributed by atoms with E-state index in [1.807, 2.05) is 11.7 Å². The molecule has 0 unspecified atom stereocenters. The summed E-state index contributed by atoms with van der Waals surface area (Å²) in [6.07, 6.45) is 4.31. The lowest BCUT2D eigenvalue weighted by atomic mass is 9.95. The Morgan fingerprint density at radius 1 is 1.38 bits per heavy atom. The number of rotatable bonds is 3. The quantitative estimate of drug-likeness (QED) is 0.835. The zero-order valence-electron chi connectivity index (χ0n) is 12.8. The molecule has 0 bridgehead atoms. The molecule has 0 saturated carbocycles. The maximum Gasteiger partial charge on any atom is 0.410 e. The SMILES string of the molecule is CCn1ncnc1CN1CCC[C@]2(CC1)CN(C)C(=O)O2. The summed E-state index contributed by atoms with van der Waals surface area (Å²) in [5, 5.41) is 4.22. The van der Waals surface area contributed by atoms with Gasteiger partial charge in [0.15, 0.2) is 0 Å². The van der Waals surface area contributed by atoms with Gasteiger partial charge in [0.25, 0.3) is 0 Å². The third kappa shape index (κ3) is 2.88. The highest BCUT2D eigenvalue weighted by Gasteiger charge is 2.44. The second-order valence-corrected chi connectivity index (χ2v) is 6.03. The van der Waals surface area contributed by atoms with E-state index in [1.54, 1.807) is 11.2 Å². The minimum absolute atomic E-state index is 0.186. The molecule has 7 nitrogen and oxygen atoms in total. The van der Waals surface area contributed by atoms with Crippen LogP contribution in [0.5, 0.6) is 0 Å². The van der Waals surface area contributed by atoms with E-state index in [4.69, 9.17) is 4.74 Å². The molecule has 1 amide bonds. The van der Waals surface area contributed by atoms with Crippen molar-refractivity contribution < 1.29 is 9.53 Å². The van der Waals surface area contributed by atoms with Crippen LogP contribution in [0.2, 0.25) is 0 Å². The first-order chi connectivity index (χ1) is 10.1. The summed E-state index contributed by atoms with van der Waals surface area (Å²) in [7, 11) is 1.81. The molecule has 1 atom stereocenters. The average molecular weight is 293 g/mol. The number of ether oxygens (including phenoxy) is 1. The molecule has 2 aliphatic heterocycles. The zero-order valence-corrected chi connectivity index (χ0v) is 12.8. The first-order valence-corrected chi connectivity index (χ1v) is 7.65. The molecule has 2 aliphatic rings. The molecule has 2 saturated heterocycles. The number of aromatic nitrogens is 3. The molecule has 2 fully saturated rings. The predicted molar refractivity (Wildman–Crippen MR) is 76.7 cm³/mol. The van der Waals surface area contributed by atoms with Crippen LogP contribution in [0.3, 0.4) is 0 Å². The fourth-order valence-electron chi connectivity index (χ4n) is 3.31. The van der Waals surface area contributed by atoms with Crippen LogP contribution in [0.4, 0.5) is 4.79 Å². The van der Waals surface area contributed by atoms with Crippen LogP contribution >= 0.6 is 0 Å². The van der Waals surface area contributed by atoms with Crippen LogP contribution in [0.25, 0.3) is 0 Å². The number of hydrogen-bond acceptors (Lipinski definition) is 5. The average Bonchev–Trinajstić information content (AvgIpc) is 2.95. The van der Waals surface area contributed by atoms with Gasteiger partial charge in [0.2, 0.25) is 0 Å². The molecule has 7 heteroatoms. The number of likely N-dealkylation sites (tertiary alicyclic amines) is 1. The number of nitrogens with zero attached hydrogens (tertiary/aromatic N) is 5. The lowest BCUT2D eigenvalue weighted by Gasteiger charge is -2.25. The maximum absolute atomic E-state index is 11.6. The van der Waals surface area contributed by atoms with Gasteiger partial charge in [-0.2, -0.15) is 5.10 Å². The van der Waals surface area contributed by atoms with E-state index in [2.05, 4.69) is 21.9 Å². The van der Waals surface area contributed by atoms with Gasteiger partial charge in [0.05, 0.1) is 13.1 Å². The largest absolute Gasteiger partial charge is 0.441 e. The molecule has 3 heterocycles. The van der Waals surface area contributed by atoms with Crippen LogP contribution in [0, 0.1) is 0 Å². The van der Waals surface area contributed by atoms with E-state index >= 15 is 0 Å². The minimum Gasteiger partial charge on any atom is -0.441 e. The highest BCUT2D eigenvalue weighted by molar-refractivity contribution is 5.70. The van der Waals surface area contributed by atoms with Crippen molar-refractivity contribution in [3.8, 4) is 0 Å². The van der Waals surface area contributed by atoms with Crippen LogP contribution in [0.15, 0.2) is 6.33 Å². The maximum atomic E-state index is 11.6. The first kappa shape index (κ1) is 14.3. The van der Waals surface area contributed by atoms with E-state index in [-0.39, 0.29) is 11.7 Å². The Hall–Kier alpha value is -1.63. The molecular weight excluding hydrogens is 270 g/mol. The number of carbonyl (C=O) groups excluding carboxylic acids is 1. The first-order valence-electron chi connectivity index (χ1n) is 7.65. The van der Waals surface area contributed by atoms with Gasteiger partial charge in [-0.05, 0) is 26.3 Å². The third-order valence-corrected chi connectivity index (χ3v) is 4.49. The Balaban J connectivity index is 1.62. The molecular formula is C14H23N5O2. The van der Waals surface area contributed by atoms with Gasteiger partial charge in [-0.3, -0.25) is 4.90 Å². The molecule has 1 spiro atoms. The number of likely N-dealkylation sites (N-methyl/N-ethyl adjacent to an activating group) is 1. The van der Waals surface area contributed by atoms with Crippen molar-refractivity contribution in [2.45, 2.75) is 44.9 Å². The molecule has 0 aliphatic carbocycles. The van der Waals surface area contributed by atoms with Crippen molar-refractivity contribution >= 4 is 6.09 Å². The Kier molecular flexibility index (Phi) is 3.84. The summed E-state index contributed by atoms with van der Waals surface area (Å²) in [6, 6.07) is 0. The van der Waals surface area contributed by atoms with Crippen molar-refractivity contribution in [1.29, 1.82) is 0 Å². The van der Waals surface area contributed by atoms with Crippen molar-refractivity contribution in [3.63, 3.8) is 0 Å². The van der Waals surface area contributed by atoms with E-state index in [0.717, 1.165) is 51.3 Å². The van der Waals surface area contributed by atoms with Crippen molar-refractivity contribution in [3.05, 3.63) is 12.2 Å². The summed E-state index contributed by atoms with van der Waals surface area (Å²) < 4.78 is 7.57. The van der Waals surface area contributed by atoms with Crippen molar-refractivity contribution in [1.82, 2.24) is 24.6 Å². The predicted octanol–water partition coefficient (Wildman–Crippen LogP) is 1.10. The molecule has 1 aromatic rings. The normalized spacial score (nSPS) is 27.1. The number of aryl methyl sites for hydroxylation is 1. The van der Waals surface area contributed by atoms with Crippen molar-refractivity contribution in [2.75, 3.05) is 26.7 Å². The monoisotopic (exact) mass is 293 g/mol. The van der Waals surface area contributed by atoms with Gasteiger partial charge in [0.1, 0.15) is 17.8 Å². The Labute approximate surface area is 124 Å². The summed E-state index contributed by atoms with van der Waals surface area (Å²) in [5.74, 6) is 1.01. The molecule has 0 aromatic carbocycles. The second kappa shape index (κ2) is 5.63. The van der Waals surface area contributed by atoms with Gasteiger partial charge in [-0.15, -0.1) is 0 Å². The highest BCUT2D eigenvalue weighted by Crippen LogP contribution is 2.32. The van der Waals surface area contributed by atoms with Gasteiger partial charge in [-0.25, -0.2) is 14.5 Å². The van der Waals surface area contributed by atoms with E-state index in [1.165, 1.54) is 0 Å². The van der Waals surface area contributed by atoms with Gasteiger partial charge in [-0.1, -0.05) is 0 Å². The van der Waals surface area contributed by atoms with E-state index in [0.29, 0.717) is 6.54 Å². The lowest BCUT2D eigenvalue weighted by Crippen LogP contribution is -2.35. The molecule has 21 heavy (non-hydrogen) atoms. The lowest BCUT2D eigenvalue weighted by molar-refractivity contribution is 0.0442. The standard InChI is InChI=1S/C14H23N5O2/c1-3-19-12(15-11-16-19)9-18-7-4-5-14(6-8-18)10-17(2)13(20)21-14/h11H,3-10H2,1-2H3/t14-/m0/s1. The summed E-state index contributed by atoms with van der Waals surface area (Å²) in [4.78, 5) is 20.1. The molecule has 116 valence electrons. The number of carbonyl (C=O) groups is 1. The molecule has 3 rings (SSSR count). The van der Waals surface area contributed by atoms with Crippen molar-refractivity contribution in [2.24, 2.45) is 0 Å². The fraction of sp³-hybridized carbons (Fsp3) is 0.786. The van der Waals surface area contributed by atoms with Gasteiger partial charge < -0.3 is 9.64 Å². The van der Waals surface area contributed by atoms with Crippen LogP contribution in [-0.4, -0.2) is 62.9 Å². The van der Waals surface area contributed by atoms with Gasteiger partial charge in [0, 0.05) is 26.6 Å². The Bertz CT molecular complexity index is 517. The molecule has 1 aromatic heterocycles. The van der Waals surface area contributed by atoms with Crippen LogP contribution in [0.1, 0.15) is 32.0 Å². The Morgan fingerprint density at radius 2 is 2.24 bits per heavy atom. The van der Waals surface area contributed by atoms with Crippen LogP contribution in [-0.2, 0) is 17.8 Å². The fourth-order valence-corrected chi connectivity index (χ4v) is 3.31. The highest BCUT2D eigenvalue weighted by atomic mass is 16.6. The summed E-state index contributed by atoms with van der Waals surface area (Å²) in [5.41, 5.74) is -0.279. The minimum atomic E-state index is -0.279. The van der Waals surface area contributed by atoms with E-state index in [9.17, 15) is 4.79 Å². The summed E-state index contributed by atoms with van der Waals surface area (Å²) >= 11 is 0. The smallest absolute Gasteiger partial charge is 0.410 e. The Morgan fingerprint density at radius 3 is 2.95 bits per heavy atom.